The van der Waals surface area contributed by atoms with Gasteiger partial charge in [-0.15, -0.1) is 21.5 Å². The fourth-order valence-electron chi connectivity index (χ4n) is 5.59. The first kappa shape index (κ1) is 27.6. The number of aromatic nitrogens is 2. The number of carbonyl (C=O) groups is 1. The number of nitrogens with zero attached hydrogens (tertiary/aromatic N) is 5. The van der Waals surface area contributed by atoms with E-state index in [1.165, 1.54) is 0 Å². The average Bonchev–Trinajstić information content (AvgIpc) is 3.41. The van der Waals surface area contributed by atoms with Gasteiger partial charge in [0.1, 0.15) is 10.5 Å². The maximum Gasteiger partial charge on any atom is 0.308 e. The van der Waals surface area contributed by atoms with E-state index in [9.17, 15) is 4.79 Å². The van der Waals surface area contributed by atoms with E-state index < -0.39 is 0 Å². The van der Waals surface area contributed by atoms with Crippen LogP contribution in [0.3, 0.4) is 0 Å². The lowest BCUT2D eigenvalue weighted by atomic mass is 9.95. The Kier molecular flexibility index (Phi) is 7.97. The van der Waals surface area contributed by atoms with Gasteiger partial charge >= 0.3 is 5.97 Å². The van der Waals surface area contributed by atoms with Crippen LogP contribution in [0.25, 0.3) is 32.6 Å². The predicted octanol–water partition coefficient (Wildman–Crippen LogP) is 7.87. The van der Waals surface area contributed by atoms with Crippen molar-refractivity contribution in [1.82, 2.24) is 15.1 Å². The summed E-state index contributed by atoms with van der Waals surface area (Å²) in [5.74, 6) is 0.566. The molecule has 0 bridgehead atoms. The Hall–Kier alpha value is -4.56. The number of fused-ring (bicyclic) bond motifs is 3. The topological polar surface area (TPSA) is 70.9 Å². The van der Waals surface area contributed by atoms with E-state index >= 15 is 0 Å². The normalized spacial score (nSPS) is 14.4. The summed E-state index contributed by atoms with van der Waals surface area (Å²) < 4.78 is 5.49. The largest absolute Gasteiger partial charge is 0.466 e. The summed E-state index contributed by atoms with van der Waals surface area (Å²) in [6.45, 7) is 7.97. The van der Waals surface area contributed by atoms with Crippen molar-refractivity contribution in [2.75, 3.05) is 24.6 Å². The summed E-state index contributed by atoms with van der Waals surface area (Å²) >= 11 is 1.56. The zero-order valence-electron chi connectivity index (χ0n) is 24.0. The van der Waals surface area contributed by atoms with E-state index in [0.29, 0.717) is 6.61 Å². The van der Waals surface area contributed by atoms with Gasteiger partial charge in [0, 0.05) is 35.3 Å². The van der Waals surface area contributed by atoms with Gasteiger partial charge < -0.3 is 14.5 Å². The number of carbonyl (C=O) groups excluding carboxylic acids is 1. The van der Waals surface area contributed by atoms with E-state index in [1.807, 2.05) is 61.5 Å². The maximum absolute atomic E-state index is 13.1. The lowest BCUT2D eigenvalue weighted by Crippen LogP contribution is -2.48. The number of hydrogen-bond donors (Lipinski definition) is 0. The zero-order chi connectivity index (χ0) is 29.1. The number of benzene rings is 3. The molecule has 0 radical (unpaired) electrons. The molecule has 2 aromatic heterocycles. The minimum absolute atomic E-state index is 0.183. The molecule has 8 heteroatoms. The highest BCUT2D eigenvalue weighted by Gasteiger charge is 2.38. The van der Waals surface area contributed by atoms with Crippen LogP contribution in [0.2, 0.25) is 0 Å². The van der Waals surface area contributed by atoms with Crippen molar-refractivity contribution < 1.29 is 9.53 Å². The molecule has 3 aromatic carbocycles. The van der Waals surface area contributed by atoms with Crippen molar-refractivity contribution in [3.05, 3.63) is 95.9 Å². The third-order valence-electron chi connectivity index (χ3n) is 7.52. The summed E-state index contributed by atoms with van der Waals surface area (Å²) in [5.41, 5.74) is 5.66. The van der Waals surface area contributed by atoms with Gasteiger partial charge in [-0.05, 0) is 38.5 Å². The van der Waals surface area contributed by atoms with Gasteiger partial charge in [-0.25, -0.2) is 4.99 Å². The fraction of sp³-hybridized carbons (Fsp3) is 0.235. The molecule has 0 spiro atoms. The minimum Gasteiger partial charge on any atom is -0.466 e. The third-order valence-corrected chi connectivity index (χ3v) is 8.68. The molecule has 42 heavy (non-hydrogen) atoms. The SMILES string of the molecule is CCOC(=O)CC1c2sc3nnc(-c4ccccc4)c(-c4ccccc4)c3c2N=C(N(CC)CC)N1c1ccccc1. The van der Waals surface area contributed by atoms with Gasteiger partial charge in [0.05, 0.1) is 29.6 Å². The monoisotopic (exact) mass is 575 g/mol. The van der Waals surface area contributed by atoms with E-state index in [1.54, 1.807) is 11.3 Å². The average molecular weight is 576 g/mol. The van der Waals surface area contributed by atoms with E-state index in [2.05, 4.69) is 60.0 Å². The van der Waals surface area contributed by atoms with Crippen molar-refractivity contribution >= 4 is 44.9 Å². The number of thiophene rings is 1. The van der Waals surface area contributed by atoms with Gasteiger partial charge in [0.2, 0.25) is 5.96 Å². The Balaban J connectivity index is 1.68. The molecule has 0 aliphatic carbocycles. The molecular formula is C34H33N5O2S. The Morgan fingerprint density at radius 2 is 1.48 bits per heavy atom. The molecule has 212 valence electrons. The van der Waals surface area contributed by atoms with Gasteiger partial charge in [-0.3, -0.25) is 4.79 Å². The van der Waals surface area contributed by atoms with Crippen LogP contribution in [0.15, 0.2) is 96.0 Å². The summed E-state index contributed by atoms with van der Waals surface area (Å²) in [6, 6.07) is 30.3. The number of anilines is 1. The van der Waals surface area contributed by atoms with Gasteiger partial charge in [0.25, 0.3) is 0 Å². The molecule has 7 nitrogen and oxygen atoms in total. The lowest BCUT2D eigenvalue weighted by Gasteiger charge is -2.40. The summed E-state index contributed by atoms with van der Waals surface area (Å²) in [6.07, 6.45) is 0.183. The van der Waals surface area contributed by atoms with Crippen LogP contribution < -0.4 is 4.90 Å². The van der Waals surface area contributed by atoms with Crippen molar-refractivity contribution in [3.8, 4) is 22.4 Å². The first-order chi connectivity index (χ1) is 20.6. The van der Waals surface area contributed by atoms with E-state index in [-0.39, 0.29) is 18.4 Å². The molecule has 1 aliphatic rings. The molecule has 5 aromatic rings. The standard InChI is InChI=1S/C34H33N5O2S/c1-4-38(5-2)34-35-31-29-28(23-16-10-7-11-17-23)30(24-18-12-8-13-19-24)36-37-33(29)42-32(31)26(22-27(40)41-6-3)39(34)25-20-14-9-15-21-25/h7-21,26H,4-6,22H2,1-3H3. The van der Waals surface area contributed by atoms with Crippen LogP contribution in [0.4, 0.5) is 11.4 Å². The number of ether oxygens (including phenoxy) is 1. The third kappa shape index (κ3) is 5.03. The molecule has 0 saturated carbocycles. The van der Waals surface area contributed by atoms with Crippen molar-refractivity contribution in [2.45, 2.75) is 33.2 Å². The molecule has 3 heterocycles. The Morgan fingerprint density at radius 1 is 0.857 bits per heavy atom. The van der Waals surface area contributed by atoms with Crippen LogP contribution in [0.1, 0.15) is 38.1 Å². The molecule has 1 unspecified atom stereocenters. The molecule has 1 atom stereocenters. The Labute approximate surface area is 250 Å². The van der Waals surface area contributed by atoms with E-state index in [4.69, 9.17) is 19.9 Å². The first-order valence-electron chi connectivity index (χ1n) is 14.4. The lowest BCUT2D eigenvalue weighted by molar-refractivity contribution is -0.143. The molecule has 0 N–H and O–H groups in total. The van der Waals surface area contributed by atoms with Crippen LogP contribution in [0.5, 0.6) is 0 Å². The second-order valence-corrected chi connectivity index (χ2v) is 11.0. The van der Waals surface area contributed by atoms with Gasteiger partial charge in [-0.2, -0.15) is 0 Å². The van der Waals surface area contributed by atoms with Crippen molar-refractivity contribution in [2.24, 2.45) is 4.99 Å². The van der Waals surface area contributed by atoms with Crippen LogP contribution >= 0.6 is 11.3 Å². The van der Waals surface area contributed by atoms with Crippen molar-refractivity contribution in [3.63, 3.8) is 0 Å². The Bertz CT molecular complexity index is 1720. The molecule has 0 amide bonds. The highest BCUT2D eigenvalue weighted by Crippen LogP contribution is 2.52. The second-order valence-electron chi connectivity index (χ2n) is 9.97. The first-order valence-corrected chi connectivity index (χ1v) is 15.2. The Morgan fingerprint density at radius 3 is 2.10 bits per heavy atom. The summed E-state index contributed by atoms with van der Waals surface area (Å²) in [7, 11) is 0. The maximum atomic E-state index is 13.1. The van der Waals surface area contributed by atoms with Crippen LogP contribution in [0, 0.1) is 0 Å². The molecule has 0 saturated heterocycles. The highest BCUT2D eigenvalue weighted by molar-refractivity contribution is 7.19. The summed E-state index contributed by atoms with van der Waals surface area (Å²) in [5, 5.41) is 10.5. The number of esters is 1. The van der Waals surface area contributed by atoms with Gasteiger partial charge in [0.15, 0.2) is 0 Å². The number of hydrogen-bond acceptors (Lipinski definition) is 8. The number of aliphatic imine (C=N–C) groups is 1. The second kappa shape index (κ2) is 12.1. The highest BCUT2D eigenvalue weighted by atomic mass is 32.1. The summed E-state index contributed by atoms with van der Waals surface area (Å²) in [4.78, 5) is 24.8. The number of rotatable bonds is 8. The minimum atomic E-state index is -0.322. The quantitative estimate of drug-likeness (QED) is 0.175. The fourth-order valence-corrected chi connectivity index (χ4v) is 6.75. The van der Waals surface area contributed by atoms with Crippen molar-refractivity contribution in [1.29, 1.82) is 0 Å². The number of guanidine groups is 1. The smallest absolute Gasteiger partial charge is 0.308 e. The van der Waals surface area contributed by atoms with E-state index in [0.717, 1.165) is 67.9 Å². The molecule has 6 rings (SSSR count). The molecule has 0 fully saturated rings. The van der Waals surface area contributed by atoms with Crippen LogP contribution in [-0.4, -0.2) is 46.7 Å². The molecular weight excluding hydrogens is 542 g/mol. The van der Waals surface area contributed by atoms with Gasteiger partial charge in [-0.1, -0.05) is 78.9 Å². The van der Waals surface area contributed by atoms with Crippen LogP contribution in [-0.2, 0) is 9.53 Å². The molecule has 1 aliphatic heterocycles. The predicted molar refractivity (Wildman–Crippen MR) is 171 cm³/mol. The zero-order valence-corrected chi connectivity index (χ0v) is 24.8. The number of para-hydroxylation sites is 1.